The minimum atomic E-state index is -2.88. The predicted octanol–water partition coefficient (Wildman–Crippen LogP) is 2.39. The van der Waals surface area contributed by atoms with E-state index in [2.05, 4.69) is 14.4 Å². The molecular formula is C27H27FN6O5S. The fourth-order valence-electron chi connectivity index (χ4n) is 4.76. The Morgan fingerprint density at radius 3 is 2.38 bits per heavy atom. The minimum absolute atomic E-state index is 0.00224. The molecule has 13 heteroatoms. The summed E-state index contributed by atoms with van der Waals surface area (Å²) in [6, 6.07) is 11.8. The van der Waals surface area contributed by atoms with Crippen LogP contribution in [0.4, 0.5) is 4.39 Å². The number of amides is 2. The number of rotatable bonds is 5. The van der Waals surface area contributed by atoms with E-state index in [-0.39, 0.29) is 49.3 Å². The summed E-state index contributed by atoms with van der Waals surface area (Å²) in [5, 5.41) is 15.8. The molecule has 40 heavy (non-hydrogen) atoms. The largest absolute Gasteiger partial charge is 0.388 e. The van der Waals surface area contributed by atoms with Crippen molar-refractivity contribution in [1.29, 1.82) is 0 Å². The molecule has 0 spiro atoms. The quantitative estimate of drug-likeness (QED) is 0.391. The molecule has 2 amide bonds. The third-order valence-corrected chi connectivity index (χ3v) is 8.67. The standard InChI is InChI=1S/C27H27FN6O5S/c1-18(35)31-40(2,39)22-9-7-21(8-10-22)34-24-23(15-30-34)26(37)33(17-29-24)16-27(38)11-13-32(14-12-27)25(36)19-3-5-20(28)6-4-19/h3-10,15,17,38H,11-14,16H2,1-2H3. The van der Waals surface area contributed by atoms with Gasteiger partial charge in [0, 0.05) is 36.7 Å². The zero-order valence-electron chi connectivity index (χ0n) is 21.9. The van der Waals surface area contributed by atoms with Crippen LogP contribution in [0.1, 0.15) is 30.1 Å². The summed E-state index contributed by atoms with van der Waals surface area (Å²) >= 11 is 0. The third-order valence-electron chi connectivity index (χ3n) is 6.91. The van der Waals surface area contributed by atoms with Crippen LogP contribution in [0.15, 0.2) is 75.1 Å². The van der Waals surface area contributed by atoms with Crippen LogP contribution < -0.4 is 5.56 Å². The van der Waals surface area contributed by atoms with Gasteiger partial charge in [0.05, 0.1) is 33.8 Å². The van der Waals surface area contributed by atoms with Crippen LogP contribution in [-0.2, 0) is 21.1 Å². The molecular weight excluding hydrogens is 539 g/mol. The molecule has 2 aromatic carbocycles. The molecule has 5 rings (SSSR count). The Morgan fingerprint density at radius 1 is 1.10 bits per heavy atom. The van der Waals surface area contributed by atoms with Gasteiger partial charge in [-0.1, -0.05) is 0 Å². The Kier molecular flexibility index (Phi) is 7.10. The topological polar surface area (TPSA) is 140 Å². The minimum Gasteiger partial charge on any atom is -0.388 e. The van der Waals surface area contributed by atoms with Gasteiger partial charge in [0.2, 0.25) is 0 Å². The summed E-state index contributed by atoms with van der Waals surface area (Å²) in [6.07, 6.45) is 4.66. The van der Waals surface area contributed by atoms with E-state index in [4.69, 9.17) is 0 Å². The summed E-state index contributed by atoms with van der Waals surface area (Å²) in [7, 11) is -2.88. The highest BCUT2D eigenvalue weighted by Gasteiger charge is 2.35. The van der Waals surface area contributed by atoms with Crippen molar-refractivity contribution < 1.29 is 23.3 Å². The second-order valence-corrected chi connectivity index (χ2v) is 12.2. The number of piperidine rings is 1. The average Bonchev–Trinajstić information content (AvgIpc) is 3.35. The average molecular weight is 567 g/mol. The lowest BCUT2D eigenvalue weighted by atomic mass is 9.91. The van der Waals surface area contributed by atoms with Gasteiger partial charge in [0.1, 0.15) is 17.5 Å². The van der Waals surface area contributed by atoms with Crippen LogP contribution in [0.2, 0.25) is 0 Å². The van der Waals surface area contributed by atoms with Crippen LogP contribution in [-0.4, -0.2) is 70.3 Å². The SMILES string of the molecule is CC(=O)N=S(C)(=O)c1ccc(-n2ncc3c(=O)n(CC4(O)CCN(C(=O)c5ccc(F)cc5)CC4)cnc32)cc1. The van der Waals surface area contributed by atoms with Gasteiger partial charge in [0.15, 0.2) is 5.65 Å². The molecule has 1 N–H and O–H groups in total. The summed E-state index contributed by atoms with van der Waals surface area (Å²) in [6.45, 7) is 1.81. The molecule has 1 unspecified atom stereocenters. The van der Waals surface area contributed by atoms with Crippen LogP contribution in [0.5, 0.6) is 0 Å². The molecule has 0 saturated carbocycles. The number of hydrogen-bond acceptors (Lipinski definition) is 7. The molecule has 4 aromatic rings. The van der Waals surface area contributed by atoms with Crippen molar-refractivity contribution in [3.8, 4) is 5.69 Å². The van der Waals surface area contributed by atoms with Crippen molar-refractivity contribution in [3.05, 3.63) is 82.8 Å². The number of carbonyl (C=O) groups is 2. The zero-order chi connectivity index (χ0) is 28.7. The summed E-state index contributed by atoms with van der Waals surface area (Å²) < 4.78 is 32.4. The second kappa shape index (κ2) is 10.4. The number of aliphatic hydroxyl groups is 1. The van der Waals surface area contributed by atoms with E-state index in [9.17, 15) is 28.1 Å². The molecule has 1 aliphatic rings. The number of likely N-dealkylation sites (tertiary alicyclic amines) is 1. The zero-order valence-corrected chi connectivity index (χ0v) is 22.7. The Morgan fingerprint density at radius 2 is 1.75 bits per heavy atom. The Bertz CT molecular complexity index is 1780. The van der Waals surface area contributed by atoms with Crippen LogP contribution >= 0.6 is 0 Å². The second-order valence-electron chi connectivity index (χ2n) is 9.90. The number of halogens is 1. The molecule has 2 aromatic heterocycles. The van der Waals surface area contributed by atoms with Gasteiger partial charge in [0.25, 0.3) is 17.4 Å². The van der Waals surface area contributed by atoms with E-state index >= 15 is 0 Å². The van der Waals surface area contributed by atoms with E-state index in [0.717, 1.165) is 0 Å². The first-order valence-electron chi connectivity index (χ1n) is 12.5. The Labute approximate surface area is 229 Å². The highest BCUT2D eigenvalue weighted by atomic mass is 32.2. The predicted molar refractivity (Wildman–Crippen MR) is 145 cm³/mol. The number of fused-ring (bicyclic) bond motifs is 1. The van der Waals surface area contributed by atoms with E-state index < -0.39 is 27.1 Å². The van der Waals surface area contributed by atoms with Crippen molar-refractivity contribution in [2.75, 3.05) is 19.3 Å². The molecule has 1 saturated heterocycles. The molecule has 208 valence electrons. The van der Waals surface area contributed by atoms with Gasteiger partial charge >= 0.3 is 0 Å². The molecule has 11 nitrogen and oxygen atoms in total. The van der Waals surface area contributed by atoms with E-state index in [0.29, 0.717) is 21.8 Å². The van der Waals surface area contributed by atoms with Gasteiger partial charge in [-0.2, -0.15) is 9.46 Å². The monoisotopic (exact) mass is 566 g/mol. The third kappa shape index (κ3) is 5.42. The van der Waals surface area contributed by atoms with E-state index in [1.54, 1.807) is 29.2 Å². The normalized spacial score (nSPS) is 16.4. The Balaban J connectivity index is 1.32. The maximum atomic E-state index is 13.2. The molecule has 0 radical (unpaired) electrons. The molecule has 1 atom stereocenters. The van der Waals surface area contributed by atoms with E-state index in [1.165, 1.54) is 59.2 Å². The van der Waals surface area contributed by atoms with Crippen molar-refractivity contribution in [2.45, 2.75) is 36.8 Å². The lowest BCUT2D eigenvalue weighted by Crippen LogP contribution is -2.49. The van der Waals surface area contributed by atoms with E-state index in [1.807, 2.05) is 0 Å². The fraction of sp³-hybridized carbons (Fsp3) is 0.296. The highest BCUT2D eigenvalue weighted by molar-refractivity contribution is 7.93. The summed E-state index contributed by atoms with van der Waals surface area (Å²) in [5.41, 5.74) is -0.339. The smallest absolute Gasteiger partial charge is 0.264 e. The Hall–Kier alpha value is -4.23. The van der Waals surface area contributed by atoms with Crippen molar-refractivity contribution in [2.24, 2.45) is 4.36 Å². The number of hydrogen-bond donors (Lipinski definition) is 1. The van der Waals surface area contributed by atoms with Crippen molar-refractivity contribution in [3.63, 3.8) is 0 Å². The first kappa shape index (κ1) is 27.3. The molecule has 1 aliphatic heterocycles. The number of carbonyl (C=O) groups excluding carboxylic acids is 2. The number of nitrogens with zero attached hydrogens (tertiary/aromatic N) is 6. The first-order chi connectivity index (χ1) is 19.0. The molecule has 0 bridgehead atoms. The van der Waals surface area contributed by atoms with Gasteiger partial charge in [-0.05, 0) is 61.4 Å². The van der Waals surface area contributed by atoms with Crippen molar-refractivity contribution >= 4 is 32.6 Å². The lowest BCUT2D eigenvalue weighted by Gasteiger charge is -2.38. The maximum absolute atomic E-state index is 13.2. The van der Waals surface area contributed by atoms with Crippen LogP contribution in [0.3, 0.4) is 0 Å². The number of benzene rings is 2. The highest BCUT2D eigenvalue weighted by Crippen LogP contribution is 2.25. The first-order valence-corrected chi connectivity index (χ1v) is 14.4. The summed E-state index contributed by atoms with van der Waals surface area (Å²) in [4.78, 5) is 43.7. The molecule has 1 fully saturated rings. The summed E-state index contributed by atoms with van der Waals surface area (Å²) in [5.74, 6) is -1.18. The van der Waals surface area contributed by atoms with Crippen molar-refractivity contribution in [1.82, 2.24) is 24.2 Å². The van der Waals surface area contributed by atoms with Crippen LogP contribution in [0.25, 0.3) is 16.7 Å². The fourth-order valence-corrected chi connectivity index (χ4v) is 6.00. The van der Waals surface area contributed by atoms with Crippen LogP contribution in [0, 0.1) is 5.82 Å². The van der Waals surface area contributed by atoms with Gasteiger partial charge in [-0.3, -0.25) is 19.0 Å². The lowest BCUT2D eigenvalue weighted by molar-refractivity contribution is -0.115. The molecule has 3 heterocycles. The maximum Gasteiger partial charge on any atom is 0.264 e. The number of aromatic nitrogens is 4. The van der Waals surface area contributed by atoms with Gasteiger partial charge < -0.3 is 10.0 Å². The van der Waals surface area contributed by atoms with Gasteiger partial charge in [-0.25, -0.2) is 18.3 Å². The molecule has 0 aliphatic carbocycles. The van der Waals surface area contributed by atoms with Gasteiger partial charge in [-0.15, -0.1) is 0 Å².